The second-order valence-electron chi connectivity index (χ2n) is 6.17. The molecule has 0 aromatic heterocycles. The fraction of sp³-hybridized carbons (Fsp3) is 0.316. The third kappa shape index (κ3) is 3.94. The molecule has 1 aliphatic rings. The van der Waals surface area contributed by atoms with Crippen molar-refractivity contribution in [1.82, 2.24) is 10.2 Å². The molecule has 0 spiro atoms. The first-order valence-corrected chi connectivity index (χ1v) is 7.94. The van der Waals surface area contributed by atoms with Crippen LogP contribution in [0.2, 0.25) is 0 Å². The SMILES string of the molecule is Cc1ccc(-c2ccc(C(=O)N3CCNC(C)C3)c(F)c2)cc1.Cl. The standard InChI is InChI=1S/C19H21FN2O.ClH/c1-13-3-5-15(6-4-13)16-7-8-17(18(20)11-16)19(23)22-10-9-21-14(2)12-22;/h3-8,11,14,21H,9-10,12H2,1-2H3;1H. The number of hydrogen-bond acceptors (Lipinski definition) is 2. The summed E-state index contributed by atoms with van der Waals surface area (Å²) >= 11 is 0. The number of nitrogens with zero attached hydrogens (tertiary/aromatic N) is 1. The van der Waals surface area contributed by atoms with Crippen LogP contribution in [0, 0.1) is 12.7 Å². The molecule has 1 fully saturated rings. The molecule has 0 bridgehead atoms. The van der Waals surface area contributed by atoms with E-state index in [1.807, 2.05) is 44.2 Å². The van der Waals surface area contributed by atoms with Crippen LogP contribution in [-0.2, 0) is 0 Å². The first-order valence-electron chi connectivity index (χ1n) is 7.94. The zero-order valence-corrected chi connectivity index (χ0v) is 14.7. The van der Waals surface area contributed by atoms with Gasteiger partial charge >= 0.3 is 0 Å². The topological polar surface area (TPSA) is 32.3 Å². The van der Waals surface area contributed by atoms with E-state index in [9.17, 15) is 9.18 Å². The van der Waals surface area contributed by atoms with Crippen LogP contribution in [0.3, 0.4) is 0 Å². The number of aryl methyl sites for hydroxylation is 1. The van der Waals surface area contributed by atoms with Crippen LogP contribution < -0.4 is 5.32 Å². The number of nitrogens with one attached hydrogen (secondary N) is 1. The smallest absolute Gasteiger partial charge is 0.256 e. The normalized spacial score (nSPS) is 17.3. The Morgan fingerprint density at radius 2 is 1.83 bits per heavy atom. The van der Waals surface area contributed by atoms with Gasteiger partial charge in [-0.05, 0) is 37.1 Å². The molecule has 128 valence electrons. The van der Waals surface area contributed by atoms with E-state index in [-0.39, 0.29) is 29.9 Å². The number of hydrogen-bond donors (Lipinski definition) is 1. The number of piperazine rings is 1. The van der Waals surface area contributed by atoms with Crippen LogP contribution >= 0.6 is 12.4 Å². The highest BCUT2D eigenvalue weighted by atomic mass is 35.5. The highest BCUT2D eigenvalue weighted by Crippen LogP contribution is 2.23. The molecule has 1 aliphatic heterocycles. The largest absolute Gasteiger partial charge is 0.336 e. The van der Waals surface area contributed by atoms with E-state index in [2.05, 4.69) is 5.32 Å². The summed E-state index contributed by atoms with van der Waals surface area (Å²) in [7, 11) is 0. The first-order chi connectivity index (χ1) is 11.0. The third-order valence-electron chi connectivity index (χ3n) is 4.24. The van der Waals surface area contributed by atoms with E-state index in [1.165, 1.54) is 6.07 Å². The van der Waals surface area contributed by atoms with Gasteiger partial charge in [0, 0.05) is 25.7 Å². The molecular formula is C19H22ClFN2O. The second-order valence-corrected chi connectivity index (χ2v) is 6.17. The van der Waals surface area contributed by atoms with Crippen molar-refractivity contribution in [3.8, 4) is 11.1 Å². The Morgan fingerprint density at radius 3 is 2.46 bits per heavy atom. The Bertz CT molecular complexity index is 718. The average Bonchev–Trinajstić information content (AvgIpc) is 2.55. The van der Waals surface area contributed by atoms with Crippen molar-refractivity contribution in [3.05, 3.63) is 59.4 Å². The molecule has 1 heterocycles. The molecule has 2 aromatic carbocycles. The van der Waals surface area contributed by atoms with Crippen molar-refractivity contribution in [3.63, 3.8) is 0 Å². The zero-order valence-electron chi connectivity index (χ0n) is 13.9. The number of carbonyl (C=O) groups is 1. The van der Waals surface area contributed by atoms with E-state index in [1.54, 1.807) is 11.0 Å². The maximum atomic E-state index is 14.5. The predicted octanol–water partition coefficient (Wildman–Crippen LogP) is 3.66. The second kappa shape index (κ2) is 7.77. The fourth-order valence-electron chi connectivity index (χ4n) is 2.90. The van der Waals surface area contributed by atoms with E-state index in [0.29, 0.717) is 13.1 Å². The van der Waals surface area contributed by atoms with E-state index < -0.39 is 5.82 Å². The van der Waals surface area contributed by atoms with Gasteiger partial charge in [-0.1, -0.05) is 35.9 Å². The Balaban J connectivity index is 0.00000208. The molecule has 0 saturated carbocycles. The first kappa shape index (κ1) is 18.4. The van der Waals surface area contributed by atoms with Gasteiger partial charge in [-0.25, -0.2) is 4.39 Å². The number of benzene rings is 2. The van der Waals surface area contributed by atoms with Crippen LogP contribution in [0.25, 0.3) is 11.1 Å². The van der Waals surface area contributed by atoms with Crippen LogP contribution in [0.1, 0.15) is 22.8 Å². The summed E-state index contributed by atoms with van der Waals surface area (Å²) in [5, 5.41) is 3.28. The summed E-state index contributed by atoms with van der Waals surface area (Å²) in [5.74, 6) is -0.689. The quantitative estimate of drug-likeness (QED) is 0.898. The highest BCUT2D eigenvalue weighted by molar-refractivity contribution is 5.95. The third-order valence-corrected chi connectivity index (χ3v) is 4.24. The number of halogens is 2. The van der Waals surface area contributed by atoms with Crippen molar-refractivity contribution in [2.75, 3.05) is 19.6 Å². The van der Waals surface area contributed by atoms with Gasteiger partial charge < -0.3 is 10.2 Å². The summed E-state index contributed by atoms with van der Waals surface area (Å²) in [6.45, 7) is 6.01. The summed E-state index contributed by atoms with van der Waals surface area (Å²) in [5.41, 5.74) is 3.04. The lowest BCUT2D eigenvalue weighted by atomic mass is 10.0. The monoisotopic (exact) mass is 348 g/mol. The van der Waals surface area contributed by atoms with E-state index in [4.69, 9.17) is 0 Å². The summed E-state index contributed by atoms with van der Waals surface area (Å²) < 4.78 is 14.5. The van der Waals surface area contributed by atoms with Crippen molar-refractivity contribution >= 4 is 18.3 Å². The lowest BCUT2D eigenvalue weighted by Crippen LogP contribution is -2.51. The van der Waals surface area contributed by atoms with Gasteiger partial charge in [0.15, 0.2) is 0 Å². The van der Waals surface area contributed by atoms with Crippen LogP contribution in [0.5, 0.6) is 0 Å². The van der Waals surface area contributed by atoms with E-state index >= 15 is 0 Å². The zero-order chi connectivity index (χ0) is 16.4. The van der Waals surface area contributed by atoms with Crippen molar-refractivity contribution in [1.29, 1.82) is 0 Å². The summed E-state index contributed by atoms with van der Waals surface area (Å²) in [4.78, 5) is 14.2. The van der Waals surface area contributed by atoms with Crippen LogP contribution in [0.4, 0.5) is 4.39 Å². The van der Waals surface area contributed by atoms with Gasteiger partial charge in [-0.2, -0.15) is 0 Å². The molecule has 2 aromatic rings. The van der Waals surface area contributed by atoms with Gasteiger partial charge in [0.05, 0.1) is 5.56 Å². The molecular weight excluding hydrogens is 327 g/mol. The average molecular weight is 349 g/mol. The molecule has 0 radical (unpaired) electrons. The van der Waals surface area contributed by atoms with Crippen molar-refractivity contribution < 1.29 is 9.18 Å². The predicted molar refractivity (Wildman–Crippen MR) is 97.2 cm³/mol. The minimum Gasteiger partial charge on any atom is -0.336 e. The number of rotatable bonds is 2. The number of carbonyl (C=O) groups excluding carboxylic acids is 1. The van der Waals surface area contributed by atoms with Crippen LogP contribution in [0.15, 0.2) is 42.5 Å². The van der Waals surface area contributed by atoms with Crippen LogP contribution in [-0.4, -0.2) is 36.5 Å². The van der Waals surface area contributed by atoms with Gasteiger partial charge in [0.1, 0.15) is 5.82 Å². The molecule has 24 heavy (non-hydrogen) atoms. The fourth-order valence-corrected chi connectivity index (χ4v) is 2.90. The Kier molecular flexibility index (Phi) is 5.97. The van der Waals surface area contributed by atoms with Gasteiger partial charge in [0.25, 0.3) is 5.91 Å². The molecule has 3 nitrogen and oxygen atoms in total. The Morgan fingerprint density at radius 1 is 1.17 bits per heavy atom. The molecule has 3 rings (SSSR count). The van der Waals surface area contributed by atoms with Gasteiger partial charge in [-0.3, -0.25) is 4.79 Å². The molecule has 5 heteroatoms. The molecule has 1 amide bonds. The highest BCUT2D eigenvalue weighted by Gasteiger charge is 2.23. The van der Waals surface area contributed by atoms with Gasteiger partial charge in [0.2, 0.25) is 0 Å². The minimum absolute atomic E-state index is 0. The Labute approximate surface area is 148 Å². The molecule has 1 N–H and O–H groups in total. The minimum atomic E-state index is -0.459. The number of amides is 1. The molecule has 0 aliphatic carbocycles. The van der Waals surface area contributed by atoms with E-state index in [0.717, 1.165) is 23.2 Å². The van der Waals surface area contributed by atoms with Crippen molar-refractivity contribution in [2.45, 2.75) is 19.9 Å². The Hall–Kier alpha value is -1.91. The van der Waals surface area contributed by atoms with Crippen molar-refractivity contribution in [2.24, 2.45) is 0 Å². The lowest BCUT2D eigenvalue weighted by Gasteiger charge is -2.32. The summed E-state index contributed by atoms with van der Waals surface area (Å²) in [6.07, 6.45) is 0. The maximum Gasteiger partial charge on any atom is 0.256 e. The molecule has 1 unspecified atom stereocenters. The lowest BCUT2D eigenvalue weighted by molar-refractivity contribution is 0.0704. The molecule has 1 atom stereocenters. The maximum absolute atomic E-state index is 14.5. The summed E-state index contributed by atoms with van der Waals surface area (Å²) in [6, 6.07) is 13.0. The van der Waals surface area contributed by atoms with Gasteiger partial charge in [-0.15, -0.1) is 12.4 Å². The molecule has 1 saturated heterocycles.